The highest BCUT2D eigenvalue weighted by Gasteiger charge is 2.09. The molecule has 1 aliphatic heterocycles. The van der Waals surface area contributed by atoms with Crippen molar-refractivity contribution in [3.8, 4) is 12.8 Å². The first-order valence-corrected chi connectivity index (χ1v) is 9.24. The number of carbonyl (C=O) groups is 1. The van der Waals surface area contributed by atoms with Crippen molar-refractivity contribution < 1.29 is 19.0 Å². The first kappa shape index (κ1) is 23.4. The number of hydrogen-bond donors (Lipinski definition) is 0. The quantitative estimate of drug-likeness (QED) is 0.311. The Morgan fingerprint density at radius 3 is 2.79 bits per heavy atom. The molecule has 28 heavy (non-hydrogen) atoms. The summed E-state index contributed by atoms with van der Waals surface area (Å²) in [7, 11) is 0. The lowest BCUT2D eigenvalue weighted by Gasteiger charge is -2.22. The van der Waals surface area contributed by atoms with E-state index in [2.05, 4.69) is 23.8 Å². The number of hydrogen-bond acceptors (Lipinski definition) is 5. The van der Waals surface area contributed by atoms with Crippen molar-refractivity contribution >= 4 is 12.0 Å². The van der Waals surface area contributed by atoms with Crippen LogP contribution < -0.4 is 0 Å². The Hall–Kier alpha value is -2.65. The van der Waals surface area contributed by atoms with Crippen molar-refractivity contribution in [1.82, 2.24) is 4.90 Å². The van der Waals surface area contributed by atoms with E-state index in [0.717, 1.165) is 25.1 Å². The van der Waals surface area contributed by atoms with Gasteiger partial charge < -0.3 is 14.2 Å². The van der Waals surface area contributed by atoms with Crippen LogP contribution in [0.25, 0.3) is 6.08 Å². The molecule has 0 aliphatic carbocycles. The zero-order chi connectivity index (χ0) is 20.5. The minimum absolute atomic E-state index is 0.416. The first-order valence-electron chi connectivity index (χ1n) is 9.24. The minimum Gasteiger partial charge on any atom is -0.433 e. The molecule has 1 aromatic carbocycles. The molecular weight excluding hydrogens is 354 g/mol. The second kappa shape index (κ2) is 15.4. The second-order valence-electron chi connectivity index (χ2n) is 5.88. The van der Waals surface area contributed by atoms with E-state index in [4.69, 9.17) is 14.2 Å². The lowest BCUT2D eigenvalue weighted by atomic mass is 10.2. The molecular formula is C23H29NO4. The Morgan fingerprint density at radius 2 is 2.00 bits per heavy atom. The standard InChI is InChI=1S/C21H27NO4.C2H2/c1-19(26-21(23)13-12-20-10-6-5-7-11-20)25-17-15-22-14-8-3-2-4-9-16-24-18-22;1-2/h2-7,9-13,19H,8,14-18H2,1H3;1-2H/b3-2-,9-4-,13-12+;. The van der Waals surface area contributed by atoms with E-state index in [1.54, 1.807) is 13.0 Å². The van der Waals surface area contributed by atoms with Crippen molar-refractivity contribution in [2.75, 3.05) is 33.0 Å². The summed E-state index contributed by atoms with van der Waals surface area (Å²) in [5, 5.41) is 0. The zero-order valence-electron chi connectivity index (χ0n) is 16.4. The highest BCUT2D eigenvalue weighted by Crippen LogP contribution is 2.03. The van der Waals surface area contributed by atoms with E-state index in [9.17, 15) is 4.79 Å². The average Bonchev–Trinajstić information content (AvgIpc) is 2.73. The largest absolute Gasteiger partial charge is 0.433 e. The molecule has 1 unspecified atom stereocenters. The third-order valence-electron chi connectivity index (χ3n) is 3.74. The van der Waals surface area contributed by atoms with Gasteiger partial charge in [-0.2, -0.15) is 0 Å². The molecule has 1 aliphatic rings. The van der Waals surface area contributed by atoms with Gasteiger partial charge in [0.15, 0.2) is 0 Å². The number of esters is 1. The Kier molecular flexibility index (Phi) is 12.9. The maximum absolute atomic E-state index is 11.8. The lowest BCUT2D eigenvalue weighted by molar-refractivity contribution is -0.169. The normalized spacial score (nSPS) is 18.4. The van der Waals surface area contributed by atoms with Crippen LogP contribution in [0.3, 0.4) is 0 Å². The molecule has 5 heteroatoms. The van der Waals surface area contributed by atoms with Gasteiger partial charge in [0.25, 0.3) is 0 Å². The first-order chi connectivity index (χ1) is 13.7. The predicted octanol–water partition coefficient (Wildman–Crippen LogP) is 3.65. The summed E-state index contributed by atoms with van der Waals surface area (Å²) in [5.74, 6) is -0.416. The number of allylic oxidation sites excluding steroid dienone is 2. The molecule has 1 aromatic rings. The summed E-state index contributed by atoms with van der Waals surface area (Å²) in [4.78, 5) is 14.0. The average molecular weight is 383 g/mol. The van der Waals surface area contributed by atoms with Gasteiger partial charge in [-0.3, -0.25) is 4.90 Å². The molecule has 5 nitrogen and oxygen atoms in total. The number of terminal acetylenes is 1. The highest BCUT2D eigenvalue weighted by atomic mass is 16.7. The molecule has 0 radical (unpaired) electrons. The van der Waals surface area contributed by atoms with Crippen LogP contribution in [0.1, 0.15) is 18.9 Å². The van der Waals surface area contributed by atoms with Crippen molar-refractivity contribution in [3.63, 3.8) is 0 Å². The van der Waals surface area contributed by atoms with Gasteiger partial charge >= 0.3 is 5.97 Å². The molecule has 0 spiro atoms. The van der Waals surface area contributed by atoms with Crippen molar-refractivity contribution in [2.24, 2.45) is 0 Å². The molecule has 0 saturated heterocycles. The van der Waals surface area contributed by atoms with E-state index >= 15 is 0 Å². The highest BCUT2D eigenvalue weighted by molar-refractivity contribution is 5.87. The summed E-state index contributed by atoms with van der Waals surface area (Å²) in [6, 6.07) is 9.61. The SMILES string of the molecule is C#C.CC(OCCN1CC/C=C\C=C/COC1)OC(=O)/C=C/c1ccccc1. The number of nitrogens with zero attached hydrogens (tertiary/aromatic N) is 1. The topological polar surface area (TPSA) is 48.0 Å². The molecule has 0 fully saturated rings. The minimum atomic E-state index is -0.590. The second-order valence-corrected chi connectivity index (χ2v) is 5.88. The van der Waals surface area contributed by atoms with Gasteiger partial charge in [0.1, 0.15) is 0 Å². The third-order valence-corrected chi connectivity index (χ3v) is 3.74. The molecule has 0 N–H and O–H groups in total. The van der Waals surface area contributed by atoms with Gasteiger partial charge in [-0.25, -0.2) is 4.79 Å². The summed E-state index contributed by atoms with van der Waals surface area (Å²) < 4.78 is 16.4. The summed E-state index contributed by atoms with van der Waals surface area (Å²) in [6.45, 7) is 4.99. The van der Waals surface area contributed by atoms with Gasteiger partial charge in [-0.05, 0) is 25.0 Å². The fourth-order valence-corrected chi connectivity index (χ4v) is 2.37. The molecule has 0 saturated carbocycles. The monoisotopic (exact) mass is 383 g/mol. The lowest BCUT2D eigenvalue weighted by Crippen LogP contribution is -2.32. The fourth-order valence-electron chi connectivity index (χ4n) is 2.37. The van der Waals surface area contributed by atoms with Crippen LogP contribution in [0, 0.1) is 12.8 Å². The maximum atomic E-state index is 11.8. The van der Waals surface area contributed by atoms with Crippen LogP contribution in [0.15, 0.2) is 60.7 Å². The summed E-state index contributed by atoms with van der Waals surface area (Å²) in [5.41, 5.74) is 0.950. The number of rotatable bonds is 7. The summed E-state index contributed by atoms with van der Waals surface area (Å²) in [6.07, 6.45) is 19.7. The van der Waals surface area contributed by atoms with E-state index in [0.29, 0.717) is 19.9 Å². The molecule has 0 amide bonds. The number of benzene rings is 1. The van der Waals surface area contributed by atoms with E-state index < -0.39 is 12.3 Å². The maximum Gasteiger partial charge on any atom is 0.333 e. The molecule has 0 bridgehead atoms. The van der Waals surface area contributed by atoms with Gasteiger partial charge in [-0.1, -0.05) is 54.6 Å². The zero-order valence-corrected chi connectivity index (χ0v) is 16.4. The van der Waals surface area contributed by atoms with Crippen LogP contribution in [0.4, 0.5) is 0 Å². The third kappa shape index (κ3) is 11.1. The molecule has 2 rings (SSSR count). The Bertz CT molecular complexity index is 649. The van der Waals surface area contributed by atoms with Crippen LogP contribution in [0.2, 0.25) is 0 Å². The van der Waals surface area contributed by atoms with Crippen LogP contribution in [-0.4, -0.2) is 50.2 Å². The molecule has 0 aromatic heterocycles. The number of ether oxygens (including phenoxy) is 3. The van der Waals surface area contributed by atoms with E-state index in [1.807, 2.05) is 48.6 Å². The van der Waals surface area contributed by atoms with E-state index in [-0.39, 0.29) is 0 Å². The van der Waals surface area contributed by atoms with Crippen LogP contribution in [-0.2, 0) is 19.0 Å². The Balaban J connectivity index is 0.00000190. The molecule has 1 heterocycles. The Labute approximate surface area is 168 Å². The van der Waals surface area contributed by atoms with Crippen LogP contribution in [0.5, 0.6) is 0 Å². The predicted molar refractivity (Wildman–Crippen MR) is 112 cm³/mol. The summed E-state index contributed by atoms with van der Waals surface area (Å²) >= 11 is 0. The van der Waals surface area contributed by atoms with Gasteiger partial charge in [-0.15, -0.1) is 12.8 Å². The van der Waals surface area contributed by atoms with Crippen LogP contribution >= 0.6 is 0 Å². The molecule has 150 valence electrons. The van der Waals surface area contributed by atoms with Gasteiger partial charge in [0, 0.05) is 19.2 Å². The molecule has 1 atom stereocenters. The van der Waals surface area contributed by atoms with E-state index in [1.165, 1.54) is 6.08 Å². The van der Waals surface area contributed by atoms with Crippen molar-refractivity contribution in [2.45, 2.75) is 19.6 Å². The van der Waals surface area contributed by atoms with Crippen molar-refractivity contribution in [1.29, 1.82) is 0 Å². The van der Waals surface area contributed by atoms with Gasteiger partial charge in [0.05, 0.1) is 19.9 Å². The Morgan fingerprint density at radius 1 is 1.25 bits per heavy atom. The smallest absolute Gasteiger partial charge is 0.333 e. The van der Waals surface area contributed by atoms with Crippen molar-refractivity contribution in [3.05, 3.63) is 66.3 Å². The number of carbonyl (C=O) groups excluding carboxylic acids is 1. The fraction of sp³-hybridized carbons (Fsp3) is 0.348. The van der Waals surface area contributed by atoms with Gasteiger partial charge in [0.2, 0.25) is 6.29 Å².